The van der Waals surface area contributed by atoms with Crippen molar-refractivity contribution in [3.63, 3.8) is 0 Å². The van der Waals surface area contributed by atoms with Gasteiger partial charge in [0.05, 0.1) is 18.8 Å². The molecule has 0 unspecified atom stereocenters. The molecule has 2 N–H and O–H groups in total. The first kappa shape index (κ1) is 18.0. The van der Waals surface area contributed by atoms with E-state index in [0.29, 0.717) is 25.6 Å². The van der Waals surface area contributed by atoms with Crippen molar-refractivity contribution in [1.82, 2.24) is 15.5 Å². The molecule has 3 rings (SSSR count). The molecule has 3 atom stereocenters. The van der Waals surface area contributed by atoms with Gasteiger partial charge in [0.2, 0.25) is 0 Å². The Morgan fingerprint density at radius 1 is 1.20 bits per heavy atom. The second-order valence-corrected chi connectivity index (χ2v) is 7.14. The first-order chi connectivity index (χ1) is 12.1. The van der Waals surface area contributed by atoms with Crippen LogP contribution in [0.4, 0.5) is 4.79 Å². The standard InChI is InChI=1S/C19H29N3O3/c1-14-11-22(12-15(2)25-14)8-7-20-19(23)21-10-16-9-17-5-3-4-6-18(17)24-13-16/h3-6,14-16H,7-13H2,1-2H3,(H2,20,21,23)/t14-,15-,16-/m1/s1. The molecule has 2 aliphatic heterocycles. The maximum Gasteiger partial charge on any atom is 0.314 e. The number of hydrogen-bond acceptors (Lipinski definition) is 4. The first-order valence-electron chi connectivity index (χ1n) is 9.20. The van der Waals surface area contributed by atoms with E-state index in [9.17, 15) is 4.79 Å². The van der Waals surface area contributed by atoms with Gasteiger partial charge in [0, 0.05) is 38.6 Å². The lowest BCUT2D eigenvalue weighted by atomic mass is 9.97. The zero-order chi connectivity index (χ0) is 17.6. The van der Waals surface area contributed by atoms with Gasteiger partial charge in [0.1, 0.15) is 5.75 Å². The van der Waals surface area contributed by atoms with Crippen LogP contribution in [0, 0.1) is 5.92 Å². The normalized spacial score (nSPS) is 26.4. The van der Waals surface area contributed by atoms with E-state index in [0.717, 1.165) is 31.8 Å². The summed E-state index contributed by atoms with van der Waals surface area (Å²) in [6.07, 6.45) is 1.46. The van der Waals surface area contributed by atoms with Crippen LogP contribution in [-0.2, 0) is 11.2 Å². The number of ether oxygens (including phenoxy) is 2. The quantitative estimate of drug-likeness (QED) is 0.850. The number of carbonyl (C=O) groups is 1. The maximum atomic E-state index is 12.0. The number of urea groups is 1. The van der Waals surface area contributed by atoms with Gasteiger partial charge in [-0.2, -0.15) is 0 Å². The minimum Gasteiger partial charge on any atom is -0.493 e. The molecule has 0 spiro atoms. The average molecular weight is 347 g/mol. The lowest BCUT2D eigenvalue weighted by Crippen LogP contribution is -2.49. The Bertz CT molecular complexity index is 571. The Morgan fingerprint density at radius 2 is 1.96 bits per heavy atom. The third-order valence-corrected chi connectivity index (χ3v) is 4.72. The number of rotatable bonds is 5. The van der Waals surface area contributed by atoms with Crippen molar-refractivity contribution >= 4 is 6.03 Å². The third kappa shape index (κ3) is 5.34. The Kier molecular flexibility index (Phi) is 6.15. The molecule has 6 heteroatoms. The number of amides is 2. The summed E-state index contributed by atoms with van der Waals surface area (Å²) < 4.78 is 11.5. The largest absolute Gasteiger partial charge is 0.493 e. The minimum absolute atomic E-state index is 0.104. The van der Waals surface area contributed by atoms with Gasteiger partial charge >= 0.3 is 6.03 Å². The number of para-hydroxylation sites is 1. The van der Waals surface area contributed by atoms with Crippen LogP contribution in [0.3, 0.4) is 0 Å². The number of carbonyl (C=O) groups excluding carboxylic acids is 1. The van der Waals surface area contributed by atoms with Crippen LogP contribution in [0.25, 0.3) is 0 Å². The maximum absolute atomic E-state index is 12.0. The summed E-state index contributed by atoms with van der Waals surface area (Å²) in [6.45, 7) is 8.81. The fourth-order valence-corrected chi connectivity index (χ4v) is 3.62. The van der Waals surface area contributed by atoms with Crippen LogP contribution in [0.5, 0.6) is 5.75 Å². The fraction of sp³-hybridized carbons (Fsp3) is 0.632. The molecule has 0 bridgehead atoms. The van der Waals surface area contributed by atoms with E-state index >= 15 is 0 Å². The summed E-state index contributed by atoms with van der Waals surface area (Å²) in [7, 11) is 0. The molecule has 2 heterocycles. The van der Waals surface area contributed by atoms with Crippen LogP contribution in [0.15, 0.2) is 24.3 Å². The molecular formula is C19H29N3O3. The summed E-state index contributed by atoms with van der Waals surface area (Å²) in [6, 6.07) is 8.00. The number of nitrogens with zero attached hydrogens (tertiary/aromatic N) is 1. The van der Waals surface area contributed by atoms with E-state index in [2.05, 4.69) is 35.4 Å². The van der Waals surface area contributed by atoms with Crippen LogP contribution in [0.2, 0.25) is 0 Å². The van der Waals surface area contributed by atoms with Gasteiger partial charge in [-0.1, -0.05) is 18.2 Å². The van der Waals surface area contributed by atoms with E-state index in [4.69, 9.17) is 9.47 Å². The summed E-state index contributed by atoms with van der Waals surface area (Å²) in [5.74, 6) is 1.29. The molecule has 0 radical (unpaired) electrons. The lowest BCUT2D eigenvalue weighted by Gasteiger charge is -2.35. The first-order valence-corrected chi connectivity index (χ1v) is 9.20. The molecule has 25 heavy (non-hydrogen) atoms. The van der Waals surface area contributed by atoms with Gasteiger partial charge in [-0.15, -0.1) is 0 Å². The fourth-order valence-electron chi connectivity index (χ4n) is 3.62. The third-order valence-electron chi connectivity index (χ3n) is 4.72. The predicted molar refractivity (Wildman–Crippen MR) is 97.0 cm³/mol. The number of benzene rings is 1. The van der Waals surface area contributed by atoms with Gasteiger partial charge < -0.3 is 20.1 Å². The molecule has 0 aliphatic carbocycles. The highest BCUT2D eigenvalue weighted by Gasteiger charge is 2.22. The molecule has 6 nitrogen and oxygen atoms in total. The van der Waals surface area contributed by atoms with E-state index in [1.54, 1.807) is 0 Å². The molecule has 1 aromatic rings. The molecule has 138 valence electrons. The molecule has 2 aliphatic rings. The summed E-state index contributed by atoms with van der Waals surface area (Å²) in [5.41, 5.74) is 1.22. The molecule has 1 saturated heterocycles. The minimum atomic E-state index is -0.104. The number of nitrogens with one attached hydrogen (secondary N) is 2. The highest BCUT2D eigenvalue weighted by molar-refractivity contribution is 5.73. The second kappa shape index (κ2) is 8.54. The highest BCUT2D eigenvalue weighted by atomic mass is 16.5. The van der Waals surface area contributed by atoms with Crippen LogP contribution in [0.1, 0.15) is 19.4 Å². The molecular weight excluding hydrogens is 318 g/mol. The molecule has 2 amide bonds. The summed E-state index contributed by atoms with van der Waals surface area (Å²) in [5, 5.41) is 5.91. The topological polar surface area (TPSA) is 62.8 Å². The average Bonchev–Trinajstić information content (AvgIpc) is 2.59. The Morgan fingerprint density at radius 3 is 2.76 bits per heavy atom. The van der Waals surface area contributed by atoms with E-state index in [-0.39, 0.29) is 18.2 Å². The SMILES string of the molecule is C[C@@H]1CN(CCNC(=O)NC[C@@H]2COc3ccccc3C2)C[C@@H](C)O1. The van der Waals surface area contributed by atoms with E-state index < -0.39 is 0 Å². The number of hydrogen-bond donors (Lipinski definition) is 2. The van der Waals surface area contributed by atoms with Gasteiger partial charge in [0.15, 0.2) is 0 Å². The molecule has 1 aromatic carbocycles. The molecule has 1 fully saturated rings. The van der Waals surface area contributed by atoms with E-state index in [1.807, 2.05) is 18.2 Å². The van der Waals surface area contributed by atoms with Crippen molar-refractivity contribution < 1.29 is 14.3 Å². The predicted octanol–water partition coefficient (Wildman–Crippen LogP) is 1.65. The lowest BCUT2D eigenvalue weighted by molar-refractivity contribution is -0.0672. The van der Waals surface area contributed by atoms with Crippen molar-refractivity contribution in [2.75, 3.05) is 39.3 Å². The Hall–Kier alpha value is -1.79. The van der Waals surface area contributed by atoms with Gasteiger partial charge in [-0.3, -0.25) is 4.90 Å². The second-order valence-electron chi connectivity index (χ2n) is 7.14. The Labute approximate surface area is 149 Å². The van der Waals surface area contributed by atoms with Crippen molar-refractivity contribution in [2.24, 2.45) is 5.92 Å². The molecule has 0 saturated carbocycles. The van der Waals surface area contributed by atoms with Gasteiger partial charge in [-0.05, 0) is 31.9 Å². The Balaban J connectivity index is 1.32. The van der Waals surface area contributed by atoms with Gasteiger partial charge in [0.25, 0.3) is 0 Å². The van der Waals surface area contributed by atoms with Crippen molar-refractivity contribution in [2.45, 2.75) is 32.5 Å². The van der Waals surface area contributed by atoms with Crippen LogP contribution < -0.4 is 15.4 Å². The summed E-state index contributed by atoms with van der Waals surface area (Å²) >= 11 is 0. The zero-order valence-electron chi connectivity index (χ0n) is 15.2. The zero-order valence-corrected chi connectivity index (χ0v) is 15.2. The smallest absolute Gasteiger partial charge is 0.314 e. The highest BCUT2D eigenvalue weighted by Crippen LogP contribution is 2.26. The number of morpholine rings is 1. The van der Waals surface area contributed by atoms with Crippen molar-refractivity contribution in [1.29, 1.82) is 0 Å². The summed E-state index contributed by atoms with van der Waals surface area (Å²) in [4.78, 5) is 14.3. The van der Waals surface area contributed by atoms with Crippen molar-refractivity contribution in [3.05, 3.63) is 29.8 Å². The van der Waals surface area contributed by atoms with Crippen LogP contribution in [-0.4, -0.2) is 62.5 Å². The number of fused-ring (bicyclic) bond motifs is 1. The monoisotopic (exact) mass is 347 g/mol. The van der Waals surface area contributed by atoms with E-state index in [1.165, 1.54) is 5.56 Å². The molecule has 0 aromatic heterocycles. The van der Waals surface area contributed by atoms with Gasteiger partial charge in [-0.25, -0.2) is 4.79 Å². The van der Waals surface area contributed by atoms with Crippen LogP contribution >= 0.6 is 0 Å². The van der Waals surface area contributed by atoms with Crippen molar-refractivity contribution in [3.8, 4) is 5.75 Å².